The van der Waals surface area contributed by atoms with Gasteiger partial charge in [0, 0.05) is 43.0 Å². The molecular weight excluding hydrogens is 474 g/mol. The number of halogens is 4. The second-order valence-electron chi connectivity index (χ2n) is 8.41. The number of anilines is 1. The number of oxazole rings is 1. The Kier molecular flexibility index (Phi) is 6.22. The average molecular weight is 495 g/mol. The van der Waals surface area contributed by atoms with Crippen molar-refractivity contribution in [3.63, 3.8) is 0 Å². The zero-order chi connectivity index (χ0) is 25.3. The Morgan fingerprint density at radius 2 is 1.61 bits per heavy atom. The van der Waals surface area contributed by atoms with Crippen LogP contribution in [0.5, 0.6) is 0 Å². The highest BCUT2D eigenvalue weighted by molar-refractivity contribution is 6.00. The van der Waals surface area contributed by atoms with Crippen LogP contribution >= 0.6 is 0 Å². The molecule has 0 bridgehead atoms. The number of carbonyl (C=O) groups excluding carboxylic acids is 1. The lowest BCUT2D eigenvalue weighted by atomic mass is 10.1. The van der Waals surface area contributed by atoms with Gasteiger partial charge in [0.15, 0.2) is 5.76 Å². The van der Waals surface area contributed by atoms with E-state index in [9.17, 15) is 22.4 Å². The molecule has 4 aromatic rings. The van der Waals surface area contributed by atoms with E-state index in [0.29, 0.717) is 54.3 Å². The molecule has 0 saturated carbocycles. The summed E-state index contributed by atoms with van der Waals surface area (Å²) in [6, 6.07) is 18.0. The molecule has 5 rings (SSSR count). The van der Waals surface area contributed by atoms with E-state index in [1.165, 1.54) is 24.4 Å². The standard InChI is InChI=1S/C27H21F4N3O2/c28-20-10-8-18(9-11-20)24-17-32-25(36-24)22-6-1-2-7-23(22)26(35)34-14-12-33(13-15-34)21-5-3-4-19(16-21)27(29,30)31/h1-11,16-17H,12-15H2. The predicted molar refractivity (Wildman–Crippen MR) is 127 cm³/mol. The minimum absolute atomic E-state index is 0.212. The highest BCUT2D eigenvalue weighted by atomic mass is 19.4. The Morgan fingerprint density at radius 3 is 2.33 bits per heavy atom. The molecule has 1 aliphatic rings. The zero-order valence-corrected chi connectivity index (χ0v) is 19.0. The first kappa shape index (κ1) is 23.6. The second kappa shape index (κ2) is 9.49. The molecule has 0 atom stereocenters. The van der Waals surface area contributed by atoms with E-state index < -0.39 is 11.7 Å². The van der Waals surface area contributed by atoms with Crippen LogP contribution in [0, 0.1) is 5.82 Å². The van der Waals surface area contributed by atoms with Gasteiger partial charge in [0.1, 0.15) is 5.82 Å². The Bertz CT molecular complexity index is 1370. The molecule has 3 aromatic carbocycles. The number of amides is 1. The molecule has 0 N–H and O–H groups in total. The molecule has 1 aromatic heterocycles. The first-order valence-electron chi connectivity index (χ1n) is 11.3. The number of carbonyl (C=O) groups is 1. The van der Waals surface area contributed by atoms with E-state index in [4.69, 9.17) is 4.42 Å². The third-order valence-electron chi connectivity index (χ3n) is 6.13. The number of benzene rings is 3. The van der Waals surface area contributed by atoms with Crippen LogP contribution in [-0.2, 0) is 6.18 Å². The van der Waals surface area contributed by atoms with E-state index in [1.54, 1.807) is 47.4 Å². The van der Waals surface area contributed by atoms with Crippen LogP contribution in [0.3, 0.4) is 0 Å². The van der Waals surface area contributed by atoms with Gasteiger partial charge in [-0.2, -0.15) is 13.2 Å². The summed E-state index contributed by atoms with van der Waals surface area (Å²) in [4.78, 5) is 21.2. The van der Waals surface area contributed by atoms with Crippen molar-refractivity contribution in [3.05, 3.63) is 95.9 Å². The van der Waals surface area contributed by atoms with Crippen molar-refractivity contribution in [1.29, 1.82) is 0 Å². The van der Waals surface area contributed by atoms with E-state index in [2.05, 4.69) is 4.98 Å². The summed E-state index contributed by atoms with van der Waals surface area (Å²) < 4.78 is 58.4. The van der Waals surface area contributed by atoms with E-state index in [1.807, 2.05) is 4.90 Å². The van der Waals surface area contributed by atoms with Crippen molar-refractivity contribution < 1.29 is 26.8 Å². The summed E-state index contributed by atoms with van der Waals surface area (Å²) in [6.07, 6.45) is -2.88. The monoisotopic (exact) mass is 495 g/mol. The minimum atomic E-state index is -4.41. The van der Waals surface area contributed by atoms with Crippen molar-refractivity contribution in [2.45, 2.75) is 6.18 Å². The fraction of sp³-hybridized carbons (Fsp3) is 0.185. The van der Waals surface area contributed by atoms with Crippen LogP contribution in [0.25, 0.3) is 22.8 Å². The number of alkyl halides is 3. The second-order valence-corrected chi connectivity index (χ2v) is 8.41. The summed E-state index contributed by atoms with van der Waals surface area (Å²) in [5.41, 5.74) is 1.38. The van der Waals surface area contributed by atoms with Crippen molar-refractivity contribution in [2.75, 3.05) is 31.1 Å². The molecule has 1 saturated heterocycles. The number of rotatable bonds is 4. The lowest BCUT2D eigenvalue weighted by Gasteiger charge is -2.36. The van der Waals surface area contributed by atoms with E-state index in [-0.39, 0.29) is 17.6 Å². The molecule has 1 aliphatic heterocycles. The quantitative estimate of drug-likeness (QED) is 0.320. The van der Waals surface area contributed by atoms with Gasteiger partial charge in [-0.15, -0.1) is 0 Å². The van der Waals surface area contributed by atoms with Gasteiger partial charge in [-0.3, -0.25) is 4.79 Å². The number of nitrogens with zero attached hydrogens (tertiary/aromatic N) is 3. The fourth-order valence-electron chi connectivity index (χ4n) is 4.22. The van der Waals surface area contributed by atoms with Gasteiger partial charge in [0.2, 0.25) is 5.89 Å². The summed E-state index contributed by atoms with van der Waals surface area (Å²) >= 11 is 0. The van der Waals surface area contributed by atoms with Crippen molar-refractivity contribution in [3.8, 4) is 22.8 Å². The Labute approximate surface area is 204 Å². The Balaban J connectivity index is 1.32. The van der Waals surface area contributed by atoms with Gasteiger partial charge in [-0.1, -0.05) is 18.2 Å². The summed E-state index contributed by atoms with van der Waals surface area (Å²) in [7, 11) is 0. The maximum Gasteiger partial charge on any atom is 0.416 e. The molecule has 1 fully saturated rings. The molecule has 36 heavy (non-hydrogen) atoms. The molecule has 5 nitrogen and oxygen atoms in total. The normalized spacial score (nSPS) is 14.2. The van der Waals surface area contributed by atoms with Crippen LogP contribution in [0.2, 0.25) is 0 Å². The molecule has 1 amide bonds. The number of hydrogen-bond acceptors (Lipinski definition) is 4. The van der Waals surface area contributed by atoms with Crippen molar-refractivity contribution >= 4 is 11.6 Å². The van der Waals surface area contributed by atoms with Gasteiger partial charge in [-0.05, 0) is 54.6 Å². The number of piperazine rings is 1. The van der Waals surface area contributed by atoms with Crippen LogP contribution in [0.15, 0.2) is 83.4 Å². The molecule has 184 valence electrons. The summed E-state index contributed by atoms with van der Waals surface area (Å²) in [5.74, 6) is 0.140. The lowest BCUT2D eigenvalue weighted by molar-refractivity contribution is -0.137. The maximum atomic E-state index is 13.4. The van der Waals surface area contributed by atoms with Gasteiger partial charge in [0.05, 0.1) is 17.3 Å². The third kappa shape index (κ3) is 4.82. The van der Waals surface area contributed by atoms with E-state index >= 15 is 0 Å². The van der Waals surface area contributed by atoms with Crippen LogP contribution < -0.4 is 4.90 Å². The van der Waals surface area contributed by atoms with E-state index in [0.717, 1.165) is 12.1 Å². The molecule has 0 unspecified atom stereocenters. The summed E-state index contributed by atoms with van der Waals surface area (Å²) in [5, 5.41) is 0. The van der Waals surface area contributed by atoms with Crippen molar-refractivity contribution in [2.24, 2.45) is 0 Å². The predicted octanol–water partition coefficient (Wildman–Crippen LogP) is 6.13. The molecule has 0 aliphatic carbocycles. The SMILES string of the molecule is O=C(c1ccccc1-c1ncc(-c2ccc(F)cc2)o1)N1CCN(c2cccc(C(F)(F)F)c2)CC1. The minimum Gasteiger partial charge on any atom is -0.436 e. The first-order valence-corrected chi connectivity index (χ1v) is 11.3. The smallest absolute Gasteiger partial charge is 0.416 e. The zero-order valence-electron chi connectivity index (χ0n) is 19.0. The molecular formula is C27H21F4N3O2. The molecule has 2 heterocycles. The fourth-order valence-corrected chi connectivity index (χ4v) is 4.22. The largest absolute Gasteiger partial charge is 0.436 e. The molecule has 0 radical (unpaired) electrons. The first-order chi connectivity index (χ1) is 17.3. The maximum absolute atomic E-state index is 13.4. The highest BCUT2D eigenvalue weighted by Crippen LogP contribution is 2.32. The molecule has 9 heteroatoms. The topological polar surface area (TPSA) is 49.6 Å². The van der Waals surface area contributed by atoms with Crippen LogP contribution in [0.4, 0.5) is 23.2 Å². The van der Waals surface area contributed by atoms with Gasteiger partial charge < -0.3 is 14.2 Å². The van der Waals surface area contributed by atoms with Gasteiger partial charge in [-0.25, -0.2) is 9.37 Å². The average Bonchev–Trinajstić information content (AvgIpc) is 3.39. The van der Waals surface area contributed by atoms with Crippen LogP contribution in [-0.4, -0.2) is 42.0 Å². The van der Waals surface area contributed by atoms with Crippen molar-refractivity contribution in [1.82, 2.24) is 9.88 Å². The van der Waals surface area contributed by atoms with Gasteiger partial charge >= 0.3 is 6.18 Å². The lowest BCUT2D eigenvalue weighted by Crippen LogP contribution is -2.49. The third-order valence-corrected chi connectivity index (χ3v) is 6.13. The Hall–Kier alpha value is -4.14. The number of hydrogen-bond donors (Lipinski definition) is 0. The van der Waals surface area contributed by atoms with Crippen LogP contribution in [0.1, 0.15) is 15.9 Å². The number of aromatic nitrogens is 1. The summed E-state index contributed by atoms with van der Waals surface area (Å²) in [6.45, 7) is 1.53. The highest BCUT2D eigenvalue weighted by Gasteiger charge is 2.31. The molecule has 0 spiro atoms. The van der Waals surface area contributed by atoms with Gasteiger partial charge in [0.25, 0.3) is 5.91 Å². The Morgan fingerprint density at radius 1 is 0.889 bits per heavy atom.